The maximum Gasteiger partial charge on any atom is 0.394 e. The van der Waals surface area contributed by atoms with E-state index in [0.29, 0.717) is 12.6 Å². The topological polar surface area (TPSA) is 81.2 Å². The van der Waals surface area contributed by atoms with Crippen LogP contribution in [-0.2, 0) is 0 Å². The highest BCUT2D eigenvalue weighted by Gasteiger charge is 2.22. The van der Waals surface area contributed by atoms with Crippen LogP contribution in [0.5, 0.6) is 5.75 Å². The molecule has 0 saturated carbocycles. The average molecular weight is 250 g/mol. The molecule has 1 N–H and O–H groups in total. The summed E-state index contributed by atoms with van der Waals surface area (Å²) in [4.78, 5) is 0. The lowest BCUT2D eigenvalue weighted by molar-refractivity contribution is -0.158. The molecule has 92 valence electrons. The van der Waals surface area contributed by atoms with Crippen LogP contribution in [0.25, 0.3) is 0 Å². The molecule has 0 fully saturated rings. The molecule has 0 aliphatic carbocycles. The van der Waals surface area contributed by atoms with Gasteiger partial charge in [0.25, 0.3) is 0 Å². The van der Waals surface area contributed by atoms with Crippen LogP contribution >= 0.6 is 0 Å². The number of hydrogen-bond acceptors (Lipinski definition) is 5. The highest BCUT2D eigenvalue weighted by atomic mass is 19.3. The lowest BCUT2D eigenvalue weighted by Gasteiger charge is -2.12. The molecule has 1 aromatic carbocycles. The number of benzene rings is 1. The minimum absolute atomic E-state index is 0.00202. The van der Waals surface area contributed by atoms with Gasteiger partial charge >= 0.3 is 6.11 Å². The van der Waals surface area contributed by atoms with Crippen LogP contribution in [0.2, 0.25) is 0 Å². The minimum atomic E-state index is -3.25. The number of ether oxygens (including phenoxy) is 1. The van der Waals surface area contributed by atoms with Crippen molar-refractivity contribution in [2.75, 3.05) is 5.43 Å². The molecule has 0 bridgehead atoms. The summed E-state index contributed by atoms with van der Waals surface area (Å²) in [7, 11) is 0. The molecular weight excluding hydrogens is 242 g/mol. The van der Waals surface area contributed by atoms with Crippen molar-refractivity contribution in [2.24, 2.45) is 5.10 Å². The number of rotatable bonds is 4. The summed E-state index contributed by atoms with van der Waals surface area (Å²) in [5.74, 6) is -0.00202. The fourth-order valence-corrected chi connectivity index (χ4v) is 1.000. The van der Waals surface area contributed by atoms with Gasteiger partial charge in [-0.3, -0.25) is 5.43 Å². The highest BCUT2D eigenvalue weighted by Crippen LogP contribution is 2.22. The highest BCUT2D eigenvalue weighted by molar-refractivity contribution is 6.10. The van der Waals surface area contributed by atoms with Crippen molar-refractivity contribution in [1.82, 2.24) is 0 Å². The molecule has 0 saturated heterocycles. The number of hydrazone groups is 1. The maximum absolute atomic E-state index is 12.5. The predicted molar refractivity (Wildman–Crippen MR) is 60.0 cm³/mol. The summed E-state index contributed by atoms with van der Waals surface area (Å²) in [6.07, 6.45) is -3.25. The van der Waals surface area contributed by atoms with Gasteiger partial charge in [0.15, 0.2) is 0 Å². The first kappa shape index (κ1) is 13.4. The van der Waals surface area contributed by atoms with Gasteiger partial charge in [-0.1, -0.05) is 0 Å². The van der Waals surface area contributed by atoms with E-state index in [1.54, 1.807) is 12.1 Å². The van der Waals surface area contributed by atoms with Crippen molar-refractivity contribution in [3.05, 3.63) is 24.3 Å². The number of nitrogens with zero attached hydrogens (tertiary/aromatic N) is 3. The smallest absolute Gasteiger partial charge is 0.394 e. The summed E-state index contributed by atoms with van der Waals surface area (Å²) in [5, 5.41) is 20.3. The molecule has 0 aliphatic heterocycles. The van der Waals surface area contributed by atoms with Gasteiger partial charge in [-0.05, 0) is 24.3 Å². The van der Waals surface area contributed by atoms with Crippen LogP contribution in [0.15, 0.2) is 29.4 Å². The molecule has 0 aliphatic rings. The summed E-state index contributed by atoms with van der Waals surface area (Å²) >= 11 is 0. The van der Waals surface area contributed by atoms with Gasteiger partial charge in [-0.15, -0.1) is 0 Å². The molecule has 0 amide bonds. The van der Waals surface area contributed by atoms with E-state index in [2.05, 4.69) is 15.3 Å². The fourth-order valence-electron chi connectivity index (χ4n) is 1.000. The second-order valence-corrected chi connectivity index (χ2v) is 3.23. The number of halogens is 2. The summed E-state index contributed by atoms with van der Waals surface area (Å²) in [5.41, 5.74) is 2.53. The normalized spacial score (nSPS) is 9.83. The number of hydrogen-bond donors (Lipinski definition) is 1. The Labute approximate surface area is 102 Å². The standard InChI is InChI=1S/C11H8F2N4O/c1-11(12,13)18-10-4-2-8(3-5-10)16-17-9(6-14)7-15/h2-5,16H,1H3. The zero-order valence-electron chi connectivity index (χ0n) is 9.32. The fraction of sp³-hybridized carbons (Fsp3) is 0.182. The van der Waals surface area contributed by atoms with Crippen molar-refractivity contribution < 1.29 is 13.5 Å². The van der Waals surface area contributed by atoms with E-state index in [4.69, 9.17) is 10.5 Å². The van der Waals surface area contributed by atoms with E-state index in [1.807, 2.05) is 0 Å². The Morgan fingerprint density at radius 2 is 1.83 bits per heavy atom. The van der Waals surface area contributed by atoms with Crippen LogP contribution in [0.1, 0.15) is 6.92 Å². The van der Waals surface area contributed by atoms with Gasteiger partial charge in [0.1, 0.15) is 17.9 Å². The third kappa shape index (κ3) is 4.45. The second kappa shape index (κ2) is 5.60. The van der Waals surface area contributed by atoms with Crippen molar-refractivity contribution in [2.45, 2.75) is 13.0 Å². The first-order chi connectivity index (χ1) is 8.44. The molecule has 1 aromatic rings. The molecular formula is C11H8F2N4O. The van der Waals surface area contributed by atoms with Crippen molar-refractivity contribution in [3.8, 4) is 17.9 Å². The van der Waals surface area contributed by atoms with Gasteiger partial charge in [0, 0.05) is 6.92 Å². The van der Waals surface area contributed by atoms with Crippen LogP contribution in [0, 0.1) is 22.7 Å². The summed E-state index contributed by atoms with van der Waals surface area (Å²) in [6.45, 7) is 0.634. The zero-order chi connectivity index (χ0) is 13.6. The number of nitrogens with one attached hydrogen (secondary N) is 1. The Bertz CT molecular complexity index is 504. The van der Waals surface area contributed by atoms with E-state index < -0.39 is 6.11 Å². The molecule has 7 heteroatoms. The Morgan fingerprint density at radius 1 is 1.28 bits per heavy atom. The minimum Gasteiger partial charge on any atom is -0.433 e. The first-order valence-electron chi connectivity index (χ1n) is 4.75. The zero-order valence-corrected chi connectivity index (χ0v) is 9.32. The molecule has 0 unspecified atom stereocenters. The lowest BCUT2D eigenvalue weighted by Crippen LogP contribution is -2.18. The SMILES string of the molecule is CC(F)(F)Oc1ccc(NN=C(C#N)C#N)cc1. The van der Waals surface area contributed by atoms with Crippen molar-refractivity contribution in [3.63, 3.8) is 0 Å². The van der Waals surface area contributed by atoms with Crippen LogP contribution < -0.4 is 10.2 Å². The number of anilines is 1. The Hall–Kier alpha value is -2.67. The molecule has 5 nitrogen and oxygen atoms in total. The molecule has 0 atom stereocenters. The number of alkyl halides is 2. The van der Waals surface area contributed by atoms with E-state index >= 15 is 0 Å². The van der Waals surface area contributed by atoms with E-state index in [9.17, 15) is 8.78 Å². The van der Waals surface area contributed by atoms with Crippen LogP contribution in [0.3, 0.4) is 0 Å². The number of nitriles is 2. The first-order valence-corrected chi connectivity index (χ1v) is 4.75. The Balaban J connectivity index is 2.71. The molecule has 1 rings (SSSR count). The third-order valence-electron chi connectivity index (χ3n) is 1.66. The molecule has 0 aromatic heterocycles. The second-order valence-electron chi connectivity index (χ2n) is 3.23. The monoisotopic (exact) mass is 250 g/mol. The van der Waals surface area contributed by atoms with Gasteiger partial charge in [0.05, 0.1) is 5.69 Å². The van der Waals surface area contributed by atoms with Gasteiger partial charge in [0.2, 0.25) is 5.71 Å². The van der Waals surface area contributed by atoms with Crippen molar-refractivity contribution >= 4 is 11.4 Å². The van der Waals surface area contributed by atoms with Crippen LogP contribution in [-0.4, -0.2) is 11.8 Å². The average Bonchev–Trinajstić information content (AvgIpc) is 2.30. The van der Waals surface area contributed by atoms with Gasteiger partial charge in [-0.2, -0.15) is 24.4 Å². The van der Waals surface area contributed by atoms with Crippen molar-refractivity contribution in [1.29, 1.82) is 10.5 Å². The largest absolute Gasteiger partial charge is 0.433 e. The maximum atomic E-state index is 12.5. The van der Waals surface area contributed by atoms with E-state index in [1.165, 1.54) is 24.3 Å². The third-order valence-corrected chi connectivity index (χ3v) is 1.66. The lowest BCUT2D eigenvalue weighted by atomic mass is 10.3. The quantitative estimate of drug-likeness (QED) is 0.657. The summed E-state index contributed by atoms with van der Waals surface area (Å²) < 4.78 is 29.4. The summed E-state index contributed by atoms with van der Waals surface area (Å²) in [6, 6.07) is 8.62. The molecule has 0 heterocycles. The van der Waals surface area contributed by atoms with Crippen LogP contribution in [0.4, 0.5) is 14.5 Å². The van der Waals surface area contributed by atoms with Gasteiger partial charge < -0.3 is 4.74 Å². The molecule has 0 spiro atoms. The molecule has 0 radical (unpaired) electrons. The van der Waals surface area contributed by atoms with E-state index in [0.717, 1.165) is 0 Å². The Morgan fingerprint density at radius 3 is 2.28 bits per heavy atom. The Kier molecular flexibility index (Phi) is 4.16. The van der Waals surface area contributed by atoms with E-state index in [-0.39, 0.29) is 11.5 Å². The van der Waals surface area contributed by atoms with Gasteiger partial charge in [-0.25, -0.2) is 0 Å². The predicted octanol–water partition coefficient (Wildman–Crippen LogP) is 2.49. The molecule has 18 heavy (non-hydrogen) atoms.